The van der Waals surface area contributed by atoms with Crippen molar-refractivity contribution in [3.8, 4) is 5.75 Å². The molecule has 0 aliphatic carbocycles. The van der Waals surface area contributed by atoms with Crippen LogP contribution in [0.1, 0.15) is 0 Å². The zero-order chi connectivity index (χ0) is 31.7. The van der Waals surface area contributed by atoms with Gasteiger partial charge in [0.2, 0.25) is 11.9 Å². The van der Waals surface area contributed by atoms with E-state index >= 15 is 0 Å². The normalized spacial score (nSPS) is 14.0. The van der Waals surface area contributed by atoms with Crippen molar-refractivity contribution in [2.24, 2.45) is 0 Å². The van der Waals surface area contributed by atoms with Crippen molar-refractivity contribution in [1.82, 2.24) is 29.8 Å². The van der Waals surface area contributed by atoms with Gasteiger partial charge in [0.15, 0.2) is 0 Å². The minimum Gasteiger partial charge on any atom is -0.494 e. The molecule has 5 aromatic rings. The largest absolute Gasteiger partial charge is 0.494 e. The number of carbonyl (C=O) groups is 1. The molecule has 1 amide bonds. The Hall–Kier alpha value is -5.00. The molecule has 4 N–H and O–H groups in total. The number of H-pyrrole nitrogens is 1. The Bertz CT molecular complexity index is 1960. The average Bonchev–Trinajstić information content (AvgIpc) is 3.50. The van der Waals surface area contributed by atoms with Crippen molar-refractivity contribution < 1.29 is 14.1 Å². The Balaban J connectivity index is 1.41. The molecule has 45 heavy (non-hydrogen) atoms. The highest BCUT2D eigenvalue weighted by Gasteiger charge is 2.24. The first-order chi connectivity index (χ1) is 21.6. The molecule has 0 saturated carbocycles. The maximum Gasteiger partial charge on any atom is 0.247 e. The summed E-state index contributed by atoms with van der Waals surface area (Å²) in [5, 5.41) is 11.0. The number of ether oxygens (including phenoxy) is 1. The summed E-state index contributed by atoms with van der Waals surface area (Å²) in [5.74, 6) is 1.00. The molecule has 232 valence electrons. The zero-order valence-electron chi connectivity index (χ0n) is 25.6. The summed E-state index contributed by atoms with van der Waals surface area (Å²) in [5.41, 5.74) is 4.45. The van der Waals surface area contributed by atoms with E-state index in [9.17, 15) is 9.36 Å². The number of piperazine rings is 1. The Labute approximate surface area is 260 Å². The van der Waals surface area contributed by atoms with E-state index in [1.807, 2.05) is 30.3 Å². The second-order valence-electron chi connectivity index (χ2n) is 11.2. The van der Waals surface area contributed by atoms with E-state index in [4.69, 9.17) is 9.72 Å². The Kier molecular flexibility index (Phi) is 8.13. The summed E-state index contributed by atoms with van der Waals surface area (Å²) in [6.45, 7) is 10.4. The Morgan fingerprint density at radius 1 is 1.02 bits per heavy atom. The summed E-state index contributed by atoms with van der Waals surface area (Å²) in [7, 11) is 0.886. The van der Waals surface area contributed by atoms with Gasteiger partial charge >= 0.3 is 0 Å². The van der Waals surface area contributed by atoms with Crippen LogP contribution in [-0.2, 0) is 9.36 Å². The molecule has 1 saturated heterocycles. The third-order valence-corrected chi connectivity index (χ3v) is 9.20. The molecule has 0 bridgehead atoms. The summed E-state index contributed by atoms with van der Waals surface area (Å²) in [4.78, 5) is 38.5. The summed E-state index contributed by atoms with van der Waals surface area (Å²) >= 11 is 0. The maximum atomic E-state index is 13.5. The van der Waals surface area contributed by atoms with E-state index < -0.39 is 7.14 Å². The van der Waals surface area contributed by atoms with Gasteiger partial charge in [-0.05, 0) is 50.7 Å². The number of fused-ring (bicyclic) bond motifs is 2. The average molecular weight is 627 g/mol. The smallest absolute Gasteiger partial charge is 0.247 e. The molecule has 14 heteroatoms. The van der Waals surface area contributed by atoms with Crippen LogP contribution in [0, 0.1) is 0 Å². The molecule has 1 fully saturated rings. The number of anilines is 6. The van der Waals surface area contributed by atoms with Gasteiger partial charge in [0.25, 0.3) is 0 Å². The molecular weight excluding hydrogens is 591 g/mol. The number of aromatic amines is 1. The van der Waals surface area contributed by atoms with Gasteiger partial charge < -0.3 is 40.0 Å². The van der Waals surface area contributed by atoms with Gasteiger partial charge in [-0.2, -0.15) is 9.97 Å². The highest BCUT2D eigenvalue weighted by molar-refractivity contribution is 7.71. The highest BCUT2D eigenvalue weighted by Crippen LogP contribution is 2.42. The molecule has 1 aliphatic heterocycles. The van der Waals surface area contributed by atoms with E-state index in [2.05, 4.69) is 59.3 Å². The van der Waals surface area contributed by atoms with Crippen LogP contribution in [0.15, 0.2) is 61.6 Å². The van der Waals surface area contributed by atoms with Crippen molar-refractivity contribution in [3.05, 3.63) is 61.6 Å². The third-order valence-electron chi connectivity index (χ3n) is 7.67. The number of carbonyl (C=O) groups excluding carboxylic acids is 1. The molecule has 2 aromatic carbocycles. The lowest BCUT2D eigenvalue weighted by atomic mass is 10.1. The number of aromatic nitrogens is 5. The lowest BCUT2D eigenvalue weighted by molar-refractivity contribution is -0.111. The van der Waals surface area contributed by atoms with Crippen LogP contribution in [0.4, 0.5) is 34.5 Å². The van der Waals surface area contributed by atoms with Crippen molar-refractivity contribution in [2.45, 2.75) is 0 Å². The van der Waals surface area contributed by atoms with Gasteiger partial charge in [-0.25, -0.2) is 0 Å². The molecule has 1 aliphatic rings. The van der Waals surface area contributed by atoms with Crippen LogP contribution in [0.25, 0.3) is 22.1 Å². The number of nitrogens with one attached hydrogen (secondary N) is 4. The zero-order valence-corrected chi connectivity index (χ0v) is 26.5. The Morgan fingerprint density at radius 2 is 1.80 bits per heavy atom. The van der Waals surface area contributed by atoms with E-state index in [1.165, 1.54) is 6.08 Å². The fraction of sp³-hybridized carbons (Fsp3) is 0.258. The van der Waals surface area contributed by atoms with E-state index in [-0.39, 0.29) is 11.9 Å². The monoisotopic (exact) mass is 626 g/mol. The number of amides is 1. The first kappa shape index (κ1) is 30.0. The second-order valence-corrected chi connectivity index (χ2v) is 14.3. The van der Waals surface area contributed by atoms with Crippen LogP contribution < -0.4 is 30.9 Å². The number of rotatable bonds is 9. The lowest BCUT2D eigenvalue weighted by Crippen LogP contribution is -2.44. The third kappa shape index (κ3) is 6.17. The van der Waals surface area contributed by atoms with Gasteiger partial charge in [-0.15, -0.1) is 0 Å². The van der Waals surface area contributed by atoms with Gasteiger partial charge in [-0.1, -0.05) is 6.58 Å². The first-order valence-corrected chi connectivity index (χ1v) is 17.0. The fourth-order valence-electron chi connectivity index (χ4n) is 5.44. The number of benzene rings is 2. The van der Waals surface area contributed by atoms with Gasteiger partial charge in [0.1, 0.15) is 29.9 Å². The maximum absolute atomic E-state index is 13.5. The van der Waals surface area contributed by atoms with Crippen LogP contribution >= 0.6 is 7.14 Å². The molecule has 0 atom stereocenters. The predicted octanol–water partition coefficient (Wildman–Crippen LogP) is 4.52. The quantitative estimate of drug-likeness (QED) is 0.135. The second kappa shape index (κ2) is 12.2. The van der Waals surface area contributed by atoms with Gasteiger partial charge in [0, 0.05) is 50.8 Å². The van der Waals surface area contributed by atoms with Crippen LogP contribution in [0.2, 0.25) is 0 Å². The molecule has 6 rings (SSSR count). The van der Waals surface area contributed by atoms with Crippen molar-refractivity contribution in [3.63, 3.8) is 0 Å². The number of nitrogens with zero attached hydrogens (tertiary/aromatic N) is 6. The SMILES string of the molecule is C=CC(=O)Nc1cc(Nc2nc(Nc3ccc4nccnc4c3P(C)(C)=O)c3cc[nH]c3n2)c(OC)cc1N1CCN(C)CC1. The lowest BCUT2D eigenvalue weighted by Gasteiger charge is -2.35. The summed E-state index contributed by atoms with van der Waals surface area (Å²) < 4.78 is 19.3. The molecule has 13 nitrogen and oxygen atoms in total. The Morgan fingerprint density at radius 3 is 2.53 bits per heavy atom. The van der Waals surface area contributed by atoms with E-state index in [0.29, 0.717) is 50.6 Å². The number of hydrogen-bond acceptors (Lipinski definition) is 11. The molecule has 0 radical (unpaired) electrons. The molecule has 3 aromatic heterocycles. The summed E-state index contributed by atoms with van der Waals surface area (Å²) in [6, 6.07) is 9.27. The van der Waals surface area contributed by atoms with Gasteiger partial charge in [0.05, 0.1) is 46.1 Å². The number of likely N-dealkylation sites (N-methyl/N-ethyl adjacent to an activating group) is 1. The highest BCUT2D eigenvalue weighted by atomic mass is 31.2. The van der Waals surface area contributed by atoms with Crippen molar-refractivity contribution >= 4 is 74.9 Å². The van der Waals surface area contributed by atoms with E-state index in [0.717, 1.165) is 37.3 Å². The molecule has 0 spiro atoms. The first-order valence-electron chi connectivity index (χ1n) is 14.4. The molecular formula is C31H35N10O3P. The van der Waals surface area contributed by atoms with Crippen LogP contribution in [-0.4, -0.2) is 89.4 Å². The molecule has 4 heterocycles. The fourth-order valence-corrected chi connectivity index (χ4v) is 6.83. The van der Waals surface area contributed by atoms with Gasteiger partial charge in [-0.3, -0.25) is 14.8 Å². The van der Waals surface area contributed by atoms with Crippen molar-refractivity contribution in [1.29, 1.82) is 0 Å². The van der Waals surface area contributed by atoms with Crippen molar-refractivity contribution in [2.75, 3.05) is 74.5 Å². The predicted molar refractivity (Wildman–Crippen MR) is 181 cm³/mol. The summed E-state index contributed by atoms with van der Waals surface area (Å²) in [6.07, 6.45) is 6.22. The number of hydrogen-bond donors (Lipinski definition) is 4. The standard InChI is InChI=1S/C31H35N10O3P/c1-6-26(42)35-22-17-23(25(44-3)18-24(22)41-15-13-40(2)14-16-41)37-31-38-29-19(9-10-34-29)30(39-31)36-21-8-7-20-27(33-12-11-32-20)28(21)45(4,5)43/h6-12,17-18H,1,13-16H2,2-5H3,(H,35,42)(H3,34,36,37,38,39). The minimum atomic E-state index is -2.80. The van der Waals surface area contributed by atoms with Crippen LogP contribution in [0.3, 0.4) is 0 Å². The minimum absolute atomic E-state index is 0.275. The van der Waals surface area contributed by atoms with Crippen LogP contribution in [0.5, 0.6) is 5.75 Å². The number of methoxy groups -OCH3 is 1. The molecule has 0 unspecified atom stereocenters. The van der Waals surface area contributed by atoms with E-state index in [1.54, 1.807) is 39.0 Å². The topological polar surface area (TPSA) is 153 Å².